The Morgan fingerprint density at radius 2 is 2.31 bits per heavy atom. The predicted molar refractivity (Wildman–Crippen MR) is 50.5 cm³/mol. The lowest BCUT2D eigenvalue weighted by atomic mass is 10.2. The van der Waals surface area contributed by atoms with Crippen LogP contribution in [0.3, 0.4) is 0 Å². The molecule has 1 aliphatic rings. The lowest BCUT2D eigenvalue weighted by Gasteiger charge is -2.20. The lowest BCUT2D eigenvalue weighted by Crippen LogP contribution is -2.46. The molecule has 0 spiro atoms. The van der Waals surface area contributed by atoms with Crippen molar-refractivity contribution in [3.63, 3.8) is 0 Å². The van der Waals surface area contributed by atoms with Crippen molar-refractivity contribution in [3.8, 4) is 0 Å². The second-order valence-electron chi connectivity index (χ2n) is 3.68. The van der Waals surface area contributed by atoms with E-state index in [2.05, 4.69) is 5.32 Å². The number of rotatable bonds is 3. The van der Waals surface area contributed by atoms with Gasteiger partial charge < -0.3 is 15.0 Å². The molecule has 4 heteroatoms. The van der Waals surface area contributed by atoms with Gasteiger partial charge in [-0.2, -0.15) is 0 Å². The van der Waals surface area contributed by atoms with Crippen LogP contribution in [-0.4, -0.2) is 50.2 Å². The second-order valence-corrected chi connectivity index (χ2v) is 3.68. The van der Waals surface area contributed by atoms with Gasteiger partial charge in [0.1, 0.15) is 0 Å². The number of carbonyl (C=O) groups excluding carboxylic acids is 1. The van der Waals surface area contributed by atoms with Gasteiger partial charge in [0.2, 0.25) is 5.91 Å². The third-order valence-corrected chi connectivity index (χ3v) is 2.23. The van der Waals surface area contributed by atoms with Crippen LogP contribution in [0.25, 0.3) is 0 Å². The van der Waals surface area contributed by atoms with E-state index in [1.54, 1.807) is 19.0 Å². The average Bonchev–Trinajstić information content (AvgIpc) is 2.55. The van der Waals surface area contributed by atoms with Crippen molar-refractivity contribution in [3.05, 3.63) is 0 Å². The maximum absolute atomic E-state index is 11.5. The molecule has 1 amide bonds. The molecule has 4 nitrogen and oxygen atoms in total. The molecule has 0 aromatic heterocycles. The standard InChI is InChI=1S/C9H18N2O2/c1-7(9(12)11(2)3)10-8-4-5-13-6-8/h7-8,10H,4-6H2,1-3H3. The quantitative estimate of drug-likeness (QED) is 0.666. The summed E-state index contributed by atoms with van der Waals surface area (Å²) >= 11 is 0. The summed E-state index contributed by atoms with van der Waals surface area (Å²) in [5.74, 6) is 0.118. The molecule has 76 valence electrons. The summed E-state index contributed by atoms with van der Waals surface area (Å²) in [5, 5.41) is 3.24. The SMILES string of the molecule is CC(NC1CCOC1)C(=O)N(C)C. The van der Waals surface area contributed by atoms with E-state index >= 15 is 0 Å². The Morgan fingerprint density at radius 1 is 1.62 bits per heavy atom. The van der Waals surface area contributed by atoms with Gasteiger partial charge in [-0.1, -0.05) is 0 Å². The zero-order valence-electron chi connectivity index (χ0n) is 8.54. The molecule has 1 aliphatic heterocycles. The van der Waals surface area contributed by atoms with E-state index in [0.29, 0.717) is 6.04 Å². The average molecular weight is 186 g/mol. The summed E-state index contributed by atoms with van der Waals surface area (Å²) in [7, 11) is 3.54. The monoisotopic (exact) mass is 186 g/mol. The van der Waals surface area contributed by atoms with Crippen LogP contribution in [0, 0.1) is 0 Å². The number of likely N-dealkylation sites (N-methyl/N-ethyl adjacent to an activating group) is 1. The summed E-state index contributed by atoms with van der Waals surface area (Å²) in [6.45, 7) is 3.42. The highest BCUT2D eigenvalue weighted by atomic mass is 16.5. The molecule has 1 fully saturated rings. The maximum atomic E-state index is 11.5. The summed E-state index contributed by atoms with van der Waals surface area (Å²) in [6.07, 6.45) is 1.01. The van der Waals surface area contributed by atoms with Crippen molar-refractivity contribution >= 4 is 5.91 Å². The van der Waals surface area contributed by atoms with Gasteiger partial charge in [0.05, 0.1) is 12.6 Å². The third kappa shape index (κ3) is 2.97. The first-order chi connectivity index (χ1) is 6.11. The zero-order valence-corrected chi connectivity index (χ0v) is 8.54. The predicted octanol–water partition coefficient (Wildman–Crippen LogP) is -0.158. The van der Waals surface area contributed by atoms with E-state index in [4.69, 9.17) is 4.74 Å². The molecule has 1 N–H and O–H groups in total. The number of hydrogen-bond acceptors (Lipinski definition) is 3. The minimum absolute atomic E-state index is 0.110. The molecule has 13 heavy (non-hydrogen) atoms. The van der Waals surface area contributed by atoms with Crippen molar-refractivity contribution in [2.75, 3.05) is 27.3 Å². The Morgan fingerprint density at radius 3 is 2.77 bits per heavy atom. The molecule has 0 aliphatic carbocycles. The van der Waals surface area contributed by atoms with Gasteiger partial charge in [-0.05, 0) is 13.3 Å². The van der Waals surface area contributed by atoms with E-state index < -0.39 is 0 Å². The molecule has 0 bridgehead atoms. The Bertz CT molecular complexity index is 176. The summed E-state index contributed by atoms with van der Waals surface area (Å²) < 4.78 is 5.21. The highest BCUT2D eigenvalue weighted by Crippen LogP contribution is 2.04. The second kappa shape index (κ2) is 4.58. The fourth-order valence-electron chi connectivity index (χ4n) is 1.48. The van der Waals surface area contributed by atoms with Crippen LogP contribution in [0.5, 0.6) is 0 Å². The Labute approximate surface area is 79.2 Å². The van der Waals surface area contributed by atoms with Crippen LogP contribution in [0.2, 0.25) is 0 Å². The first-order valence-corrected chi connectivity index (χ1v) is 4.66. The lowest BCUT2D eigenvalue weighted by molar-refractivity contribution is -0.130. The van der Waals surface area contributed by atoms with E-state index in [-0.39, 0.29) is 11.9 Å². The van der Waals surface area contributed by atoms with Crippen LogP contribution in [0.4, 0.5) is 0 Å². The number of carbonyl (C=O) groups is 1. The van der Waals surface area contributed by atoms with Crippen LogP contribution in [0.15, 0.2) is 0 Å². The minimum atomic E-state index is -0.110. The van der Waals surface area contributed by atoms with E-state index in [1.165, 1.54) is 0 Å². The highest BCUT2D eigenvalue weighted by Gasteiger charge is 2.21. The maximum Gasteiger partial charge on any atom is 0.238 e. The normalized spacial score (nSPS) is 24.4. The van der Waals surface area contributed by atoms with Crippen LogP contribution < -0.4 is 5.32 Å². The molecule has 1 heterocycles. The van der Waals surface area contributed by atoms with Gasteiger partial charge in [0.15, 0.2) is 0 Å². The summed E-state index contributed by atoms with van der Waals surface area (Å²) in [4.78, 5) is 13.1. The number of ether oxygens (including phenoxy) is 1. The Kier molecular flexibility index (Phi) is 3.69. The number of hydrogen-bond donors (Lipinski definition) is 1. The first kappa shape index (κ1) is 10.5. The molecule has 0 aromatic rings. The molecule has 2 atom stereocenters. The van der Waals surface area contributed by atoms with E-state index in [0.717, 1.165) is 19.6 Å². The van der Waals surface area contributed by atoms with Crippen molar-refractivity contribution < 1.29 is 9.53 Å². The van der Waals surface area contributed by atoms with Gasteiger partial charge in [0.25, 0.3) is 0 Å². The molecule has 0 radical (unpaired) electrons. The fourth-order valence-corrected chi connectivity index (χ4v) is 1.48. The molecule has 0 aromatic carbocycles. The van der Waals surface area contributed by atoms with Crippen molar-refractivity contribution in [1.29, 1.82) is 0 Å². The fraction of sp³-hybridized carbons (Fsp3) is 0.889. The Balaban J connectivity index is 2.31. The van der Waals surface area contributed by atoms with Crippen LogP contribution in [0.1, 0.15) is 13.3 Å². The van der Waals surface area contributed by atoms with Gasteiger partial charge in [0, 0.05) is 26.7 Å². The molecule has 2 unspecified atom stereocenters. The molecular weight excluding hydrogens is 168 g/mol. The summed E-state index contributed by atoms with van der Waals surface area (Å²) in [6, 6.07) is 0.237. The van der Waals surface area contributed by atoms with Crippen molar-refractivity contribution in [2.24, 2.45) is 0 Å². The third-order valence-electron chi connectivity index (χ3n) is 2.23. The smallest absolute Gasteiger partial charge is 0.238 e. The van der Waals surface area contributed by atoms with Crippen molar-refractivity contribution in [1.82, 2.24) is 10.2 Å². The van der Waals surface area contributed by atoms with E-state index in [9.17, 15) is 4.79 Å². The largest absolute Gasteiger partial charge is 0.380 e. The summed E-state index contributed by atoms with van der Waals surface area (Å²) in [5.41, 5.74) is 0. The molecule has 1 rings (SSSR count). The molecule has 1 saturated heterocycles. The minimum Gasteiger partial charge on any atom is -0.380 e. The molecular formula is C9H18N2O2. The van der Waals surface area contributed by atoms with Crippen LogP contribution >= 0.6 is 0 Å². The van der Waals surface area contributed by atoms with Gasteiger partial charge in [-0.3, -0.25) is 4.79 Å². The van der Waals surface area contributed by atoms with Crippen LogP contribution in [-0.2, 0) is 9.53 Å². The zero-order chi connectivity index (χ0) is 9.84. The first-order valence-electron chi connectivity index (χ1n) is 4.66. The number of nitrogens with zero attached hydrogens (tertiary/aromatic N) is 1. The molecule has 0 saturated carbocycles. The van der Waals surface area contributed by atoms with Gasteiger partial charge in [-0.25, -0.2) is 0 Å². The number of nitrogens with one attached hydrogen (secondary N) is 1. The van der Waals surface area contributed by atoms with Gasteiger partial charge in [-0.15, -0.1) is 0 Å². The van der Waals surface area contributed by atoms with E-state index in [1.807, 2.05) is 6.92 Å². The Hall–Kier alpha value is -0.610. The van der Waals surface area contributed by atoms with Gasteiger partial charge >= 0.3 is 0 Å². The highest BCUT2D eigenvalue weighted by molar-refractivity contribution is 5.80. The number of amides is 1. The van der Waals surface area contributed by atoms with Crippen molar-refractivity contribution in [2.45, 2.75) is 25.4 Å². The topological polar surface area (TPSA) is 41.6 Å².